The van der Waals surface area contributed by atoms with Crippen molar-refractivity contribution >= 4 is 39.9 Å². The summed E-state index contributed by atoms with van der Waals surface area (Å²) >= 11 is 6.27. The van der Waals surface area contributed by atoms with E-state index < -0.39 is 6.04 Å². The Hall–Kier alpha value is -3.63. The van der Waals surface area contributed by atoms with Gasteiger partial charge in [-0.2, -0.15) is 0 Å². The molecule has 0 radical (unpaired) electrons. The van der Waals surface area contributed by atoms with Gasteiger partial charge in [-0.3, -0.25) is 9.59 Å². The molecular weight excluding hydrogens is 420 g/mol. The van der Waals surface area contributed by atoms with Crippen molar-refractivity contribution in [1.29, 1.82) is 0 Å². The van der Waals surface area contributed by atoms with E-state index in [4.69, 9.17) is 11.6 Å². The van der Waals surface area contributed by atoms with Crippen LogP contribution in [0.3, 0.4) is 0 Å². The van der Waals surface area contributed by atoms with Gasteiger partial charge in [-0.1, -0.05) is 78.3 Å². The number of carbonyl (C=O) groups excluding carboxylic acids is 2. The van der Waals surface area contributed by atoms with E-state index in [0.29, 0.717) is 29.2 Å². The third-order valence-electron chi connectivity index (χ3n) is 5.80. The van der Waals surface area contributed by atoms with Crippen LogP contribution in [0.1, 0.15) is 21.5 Å². The van der Waals surface area contributed by atoms with Crippen LogP contribution in [0.15, 0.2) is 91.0 Å². The lowest BCUT2D eigenvalue weighted by atomic mass is 10.0. The quantitative estimate of drug-likeness (QED) is 0.463. The highest BCUT2D eigenvalue weighted by molar-refractivity contribution is 6.31. The predicted octanol–water partition coefficient (Wildman–Crippen LogP) is 5.38. The Labute approximate surface area is 191 Å². The van der Waals surface area contributed by atoms with Crippen LogP contribution in [-0.2, 0) is 17.8 Å². The molecule has 4 aromatic carbocycles. The molecular formula is C27H21ClN2O2. The van der Waals surface area contributed by atoms with Gasteiger partial charge in [0.2, 0.25) is 5.91 Å². The van der Waals surface area contributed by atoms with E-state index in [9.17, 15) is 9.59 Å². The molecule has 0 unspecified atom stereocenters. The molecule has 5 heteroatoms. The molecule has 5 rings (SSSR count). The number of carbonyl (C=O) groups is 2. The second-order valence-electron chi connectivity index (χ2n) is 7.98. The van der Waals surface area contributed by atoms with Crippen LogP contribution in [0.25, 0.3) is 10.8 Å². The van der Waals surface area contributed by atoms with Gasteiger partial charge in [-0.25, -0.2) is 0 Å². The molecule has 1 heterocycles. The normalized spacial score (nSPS) is 15.9. The Balaban J connectivity index is 1.55. The Morgan fingerprint density at radius 1 is 0.781 bits per heavy atom. The zero-order valence-corrected chi connectivity index (χ0v) is 18.0. The summed E-state index contributed by atoms with van der Waals surface area (Å²) in [4.78, 5) is 28.4. The topological polar surface area (TPSA) is 49.4 Å². The van der Waals surface area contributed by atoms with E-state index in [2.05, 4.69) is 29.6 Å². The Bertz CT molecular complexity index is 1320. The molecule has 1 aliphatic heterocycles. The minimum Gasteiger partial charge on any atom is -0.340 e. The molecule has 158 valence electrons. The zero-order valence-electron chi connectivity index (χ0n) is 17.3. The summed E-state index contributed by atoms with van der Waals surface area (Å²) in [6.07, 6.45) is 0.418. The van der Waals surface area contributed by atoms with Crippen molar-refractivity contribution in [1.82, 2.24) is 5.32 Å². The molecule has 4 aromatic rings. The van der Waals surface area contributed by atoms with Gasteiger partial charge in [0.1, 0.15) is 6.04 Å². The molecule has 1 atom stereocenters. The summed E-state index contributed by atoms with van der Waals surface area (Å²) in [5, 5.41) is 5.65. The monoisotopic (exact) mass is 440 g/mol. The van der Waals surface area contributed by atoms with Crippen LogP contribution in [0.5, 0.6) is 0 Å². The summed E-state index contributed by atoms with van der Waals surface area (Å²) in [5.41, 5.74) is 2.94. The summed E-state index contributed by atoms with van der Waals surface area (Å²) in [6, 6.07) is 28.4. The molecule has 2 amide bonds. The molecule has 0 fully saturated rings. The number of rotatable bonds is 4. The van der Waals surface area contributed by atoms with Gasteiger partial charge >= 0.3 is 0 Å². The first-order valence-electron chi connectivity index (χ1n) is 10.5. The van der Waals surface area contributed by atoms with Crippen LogP contribution in [0, 0.1) is 0 Å². The Morgan fingerprint density at radius 3 is 2.34 bits per heavy atom. The van der Waals surface area contributed by atoms with Crippen molar-refractivity contribution < 1.29 is 9.59 Å². The lowest BCUT2D eigenvalue weighted by molar-refractivity contribution is -0.120. The average molecular weight is 441 g/mol. The van der Waals surface area contributed by atoms with Crippen LogP contribution >= 0.6 is 11.6 Å². The van der Waals surface area contributed by atoms with E-state index in [1.54, 1.807) is 23.1 Å². The third-order valence-corrected chi connectivity index (χ3v) is 6.04. The number of fused-ring (bicyclic) bond motifs is 2. The lowest BCUT2D eigenvalue weighted by Crippen LogP contribution is -2.46. The van der Waals surface area contributed by atoms with Crippen molar-refractivity contribution in [2.24, 2.45) is 0 Å². The van der Waals surface area contributed by atoms with Crippen molar-refractivity contribution in [3.63, 3.8) is 0 Å². The number of anilines is 1. The van der Waals surface area contributed by atoms with Gasteiger partial charge in [0, 0.05) is 11.4 Å². The number of hydrogen-bond acceptors (Lipinski definition) is 2. The largest absolute Gasteiger partial charge is 0.340 e. The second kappa shape index (κ2) is 8.48. The maximum Gasteiger partial charge on any atom is 0.254 e. The van der Waals surface area contributed by atoms with E-state index in [-0.39, 0.29) is 11.8 Å². The first-order chi connectivity index (χ1) is 15.6. The standard InChI is InChI=1S/C27H21ClN2O2/c28-22-12-13-23-25(16-22)30(17-19-10-11-20-8-4-5-9-21(20)14-19)27(32)24(29-26(23)31)15-18-6-2-1-3-7-18/h1-14,16,24H,15,17H2,(H,29,31)/t24-/m0/s1. The smallest absolute Gasteiger partial charge is 0.254 e. The van der Waals surface area contributed by atoms with E-state index in [1.807, 2.05) is 48.5 Å². The minimum atomic E-state index is -0.670. The van der Waals surface area contributed by atoms with Crippen molar-refractivity contribution in [3.8, 4) is 0 Å². The molecule has 0 aliphatic carbocycles. The number of halogens is 1. The van der Waals surface area contributed by atoms with Gasteiger partial charge in [0.05, 0.1) is 17.8 Å². The van der Waals surface area contributed by atoms with Crippen LogP contribution in [0.4, 0.5) is 5.69 Å². The highest BCUT2D eigenvalue weighted by atomic mass is 35.5. The molecule has 0 aromatic heterocycles. The number of hydrogen-bond donors (Lipinski definition) is 1. The predicted molar refractivity (Wildman–Crippen MR) is 128 cm³/mol. The fourth-order valence-corrected chi connectivity index (χ4v) is 4.36. The second-order valence-corrected chi connectivity index (χ2v) is 8.42. The van der Waals surface area contributed by atoms with Crippen LogP contribution in [-0.4, -0.2) is 17.9 Å². The summed E-state index contributed by atoms with van der Waals surface area (Å²) in [7, 11) is 0. The molecule has 0 bridgehead atoms. The molecule has 0 saturated heterocycles. The van der Waals surface area contributed by atoms with Crippen molar-refractivity contribution in [2.45, 2.75) is 19.0 Å². The Kier molecular flexibility index (Phi) is 5.38. The van der Waals surface area contributed by atoms with Gasteiger partial charge in [-0.05, 0) is 46.2 Å². The molecule has 1 N–H and O–H groups in total. The molecule has 0 saturated carbocycles. The minimum absolute atomic E-state index is 0.156. The number of nitrogens with one attached hydrogen (secondary N) is 1. The maximum absolute atomic E-state index is 13.7. The fourth-order valence-electron chi connectivity index (χ4n) is 4.20. The highest BCUT2D eigenvalue weighted by Gasteiger charge is 2.34. The molecule has 32 heavy (non-hydrogen) atoms. The number of amides is 2. The third kappa shape index (κ3) is 3.97. The van der Waals surface area contributed by atoms with E-state index in [1.165, 1.54) is 0 Å². The lowest BCUT2D eigenvalue weighted by Gasteiger charge is -2.26. The maximum atomic E-state index is 13.7. The summed E-state index contributed by atoms with van der Waals surface area (Å²) < 4.78 is 0. The summed E-state index contributed by atoms with van der Waals surface area (Å²) in [6.45, 7) is 0.345. The average Bonchev–Trinajstić information content (AvgIpc) is 2.90. The first-order valence-corrected chi connectivity index (χ1v) is 10.9. The molecule has 4 nitrogen and oxygen atoms in total. The molecule has 1 aliphatic rings. The molecule has 0 spiro atoms. The summed E-state index contributed by atoms with van der Waals surface area (Å²) in [5.74, 6) is -0.427. The van der Waals surface area contributed by atoms with Crippen molar-refractivity contribution in [3.05, 3.63) is 113 Å². The van der Waals surface area contributed by atoms with E-state index in [0.717, 1.165) is 21.9 Å². The van der Waals surface area contributed by atoms with Gasteiger partial charge in [0.25, 0.3) is 5.91 Å². The van der Waals surface area contributed by atoms with Crippen LogP contribution < -0.4 is 10.2 Å². The van der Waals surface area contributed by atoms with Gasteiger partial charge in [0.15, 0.2) is 0 Å². The SMILES string of the molecule is O=C1N[C@@H](Cc2ccccc2)C(=O)N(Cc2ccc3ccccc3c2)c2cc(Cl)ccc21. The zero-order chi connectivity index (χ0) is 22.1. The first kappa shape index (κ1) is 20.3. The van der Waals surface area contributed by atoms with Gasteiger partial charge in [-0.15, -0.1) is 0 Å². The highest BCUT2D eigenvalue weighted by Crippen LogP contribution is 2.30. The van der Waals surface area contributed by atoms with Crippen LogP contribution in [0.2, 0.25) is 5.02 Å². The number of nitrogens with zero attached hydrogens (tertiary/aromatic N) is 1. The van der Waals surface area contributed by atoms with E-state index >= 15 is 0 Å². The van der Waals surface area contributed by atoms with Crippen molar-refractivity contribution in [2.75, 3.05) is 4.90 Å². The fraction of sp³-hybridized carbons (Fsp3) is 0.111. The van der Waals surface area contributed by atoms with Gasteiger partial charge < -0.3 is 10.2 Å². The number of benzene rings is 4. The Morgan fingerprint density at radius 2 is 1.53 bits per heavy atom.